The number of aryl methyl sites for hydroxylation is 1. The Kier molecular flexibility index (Phi) is 3.88. The minimum absolute atomic E-state index is 0.184. The molecule has 2 aromatic carbocycles. The summed E-state index contributed by atoms with van der Waals surface area (Å²) in [4.78, 5) is 4.46. The number of hydrogen-bond donors (Lipinski definition) is 1. The second-order valence-corrected chi connectivity index (χ2v) is 5.78. The highest BCUT2D eigenvalue weighted by Crippen LogP contribution is 2.26. The van der Waals surface area contributed by atoms with Gasteiger partial charge in [0.15, 0.2) is 0 Å². The number of nitrogens with zero attached hydrogens (tertiary/aromatic N) is 1. The highest BCUT2D eigenvalue weighted by atomic mass is 79.9. The van der Waals surface area contributed by atoms with E-state index in [-0.39, 0.29) is 5.82 Å². The van der Waals surface area contributed by atoms with E-state index >= 15 is 0 Å². The number of fused-ring (bicyclic) bond motifs is 1. The second-order valence-electron chi connectivity index (χ2n) is 4.92. The molecular weight excluding hydrogens is 331 g/mol. The van der Waals surface area contributed by atoms with Crippen molar-refractivity contribution >= 4 is 32.5 Å². The Balaban J connectivity index is 1.88. The van der Waals surface area contributed by atoms with E-state index in [9.17, 15) is 4.39 Å². The van der Waals surface area contributed by atoms with Crippen molar-refractivity contribution in [3.63, 3.8) is 0 Å². The van der Waals surface area contributed by atoms with Gasteiger partial charge in [0.05, 0.1) is 5.52 Å². The fourth-order valence-electron chi connectivity index (χ4n) is 2.29. The van der Waals surface area contributed by atoms with Crippen LogP contribution in [0.4, 0.5) is 10.1 Å². The number of rotatable bonds is 3. The van der Waals surface area contributed by atoms with Crippen molar-refractivity contribution in [1.82, 2.24) is 4.98 Å². The second kappa shape index (κ2) is 5.82. The number of hydrogen-bond acceptors (Lipinski definition) is 2. The smallest absolute Gasteiger partial charge is 0.126 e. The van der Waals surface area contributed by atoms with E-state index in [1.54, 1.807) is 19.2 Å². The molecule has 0 spiro atoms. The molecule has 1 N–H and O–H groups in total. The Bertz CT molecular complexity index is 802. The van der Waals surface area contributed by atoms with Crippen molar-refractivity contribution in [2.24, 2.45) is 0 Å². The molecule has 0 fully saturated rings. The molecule has 0 saturated carbocycles. The standard InChI is InChI=1S/C17H14BrFN2/c1-11-9-13(5-7-16(11)19)21-10-12-4-6-15(18)14-3-2-8-20-17(12)14/h2-9,21H,10H2,1H3. The first kappa shape index (κ1) is 14.0. The third kappa shape index (κ3) is 2.90. The average molecular weight is 345 g/mol. The lowest BCUT2D eigenvalue weighted by Crippen LogP contribution is -2.01. The van der Waals surface area contributed by atoms with Crippen LogP contribution in [0.25, 0.3) is 10.9 Å². The first-order valence-electron chi connectivity index (χ1n) is 6.67. The Morgan fingerprint density at radius 3 is 2.86 bits per heavy atom. The van der Waals surface area contributed by atoms with Crippen LogP contribution >= 0.6 is 15.9 Å². The maximum absolute atomic E-state index is 13.3. The number of anilines is 1. The summed E-state index contributed by atoms with van der Waals surface area (Å²) < 4.78 is 14.3. The van der Waals surface area contributed by atoms with Crippen LogP contribution in [0.3, 0.4) is 0 Å². The van der Waals surface area contributed by atoms with Gasteiger partial charge < -0.3 is 5.32 Å². The molecule has 0 bridgehead atoms. The van der Waals surface area contributed by atoms with Crippen LogP contribution in [0.2, 0.25) is 0 Å². The third-order valence-electron chi connectivity index (χ3n) is 3.44. The van der Waals surface area contributed by atoms with Gasteiger partial charge in [0.1, 0.15) is 5.82 Å². The topological polar surface area (TPSA) is 24.9 Å². The zero-order chi connectivity index (χ0) is 14.8. The fourth-order valence-corrected chi connectivity index (χ4v) is 2.74. The predicted octanol–water partition coefficient (Wildman–Crippen LogP) is 5.06. The van der Waals surface area contributed by atoms with Crippen molar-refractivity contribution < 1.29 is 4.39 Å². The quantitative estimate of drug-likeness (QED) is 0.718. The Morgan fingerprint density at radius 2 is 2.05 bits per heavy atom. The summed E-state index contributed by atoms with van der Waals surface area (Å²) in [6, 6.07) is 13.1. The molecule has 0 atom stereocenters. The number of aromatic nitrogens is 1. The van der Waals surface area contributed by atoms with E-state index in [0.717, 1.165) is 26.6 Å². The van der Waals surface area contributed by atoms with E-state index in [4.69, 9.17) is 0 Å². The minimum Gasteiger partial charge on any atom is -0.381 e. The lowest BCUT2D eigenvalue weighted by Gasteiger charge is -2.10. The van der Waals surface area contributed by atoms with Crippen molar-refractivity contribution in [3.05, 3.63) is 70.1 Å². The number of halogens is 2. The van der Waals surface area contributed by atoms with Crippen LogP contribution in [0.5, 0.6) is 0 Å². The highest BCUT2D eigenvalue weighted by Gasteiger charge is 2.06. The fraction of sp³-hybridized carbons (Fsp3) is 0.118. The van der Waals surface area contributed by atoms with Gasteiger partial charge in [0, 0.05) is 28.3 Å². The van der Waals surface area contributed by atoms with Gasteiger partial charge >= 0.3 is 0 Å². The normalized spacial score (nSPS) is 10.8. The van der Waals surface area contributed by atoms with Crippen molar-refractivity contribution in [2.45, 2.75) is 13.5 Å². The molecule has 0 radical (unpaired) electrons. The summed E-state index contributed by atoms with van der Waals surface area (Å²) >= 11 is 3.54. The zero-order valence-corrected chi connectivity index (χ0v) is 13.1. The molecule has 0 aliphatic rings. The Labute approximate surface area is 131 Å². The van der Waals surface area contributed by atoms with Crippen molar-refractivity contribution in [1.29, 1.82) is 0 Å². The first-order valence-corrected chi connectivity index (χ1v) is 7.46. The Hall–Kier alpha value is -1.94. The van der Waals surface area contributed by atoms with Gasteiger partial charge in [-0.1, -0.05) is 28.1 Å². The average Bonchev–Trinajstić information content (AvgIpc) is 2.50. The van der Waals surface area contributed by atoms with Crippen LogP contribution in [0.15, 0.2) is 53.1 Å². The summed E-state index contributed by atoms with van der Waals surface area (Å²) in [5.41, 5.74) is 3.62. The van der Waals surface area contributed by atoms with Gasteiger partial charge in [-0.3, -0.25) is 4.98 Å². The molecule has 4 heteroatoms. The van der Waals surface area contributed by atoms with Crippen LogP contribution in [0, 0.1) is 12.7 Å². The molecule has 1 heterocycles. The summed E-state index contributed by atoms with van der Waals surface area (Å²) in [6.45, 7) is 2.41. The van der Waals surface area contributed by atoms with E-state index in [1.165, 1.54) is 6.07 Å². The third-order valence-corrected chi connectivity index (χ3v) is 4.13. The summed E-state index contributed by atoms with van der Waals surface area (Å²) in [7, 11) is 0. The van der Waals surface area contributed by atoms with E-state index in [2.05, 4.69) is 26.2 Å². The molecule has 0 aliphatic heterocycles. The first-order chi connectivity index (χ1) is 10.1. The predicted molar refractivity (Wildman–Crippen MR) is 87.9 cm³/mol. The summed E-state index contributed by atoms with van der Waals surface area (Å²) in [5, 5.41) is 4.41. The van der Waals surface area contributed by atoms with Gasteiger partial charge in [0.25, 0.3) is 0 Å². The van der Waals surface area contributed by atoms with Gasteiger partial charge in [-0.15, -0.1) is 0 Å². The van der Waals surface area contributed by atoms with Gasteiger partial charge in [-0.25, -0.2) is 4.39 Å². The Morgan fingerprint density at radius 1 is 1.19 bits per heavy atom. The number of benzene rings is 2. The van der Waals surface area contributed by atoms with Gasteiger partial charge in [0.2, 0.25) is 0 Å². The van der Waals surface area contributed by atoms with Crippen molar-refractivity contribution in [3.8, 4) is 0 Å². The summed E-state index contributed by atoms with van der Waals surface area (Å²) in [5.74, 6) is -0.184. The monoisotopic (exact) mass is 344 g/mol. The van der Waals surface area contributed by atoms with Gasteiger partial charge in [-0.2, -0.15) is 0 Å². The molecule has 3 rings (SSSR count). The molecule has 2 nitrogen and oxygen atoms in total. The van der Waals surface area contributed by atoms with Gasteiger partial charge in [-0.05, 0) is 48.4 Å². The highest BCUT2D eigenvalue weighted by molar-refractivity contribution is 9.10. The maximum Gasteiger partial charge on any atom is 0.126 e. The lowest BCUT2D eigenvalue weighted by atomic mass is 10.1. The molecular formula is C17H14BrFN2. The van der Waals surface area contributed by atoms with E-state index in [0.29, 0.717) is 12.1 Å². The number of pyridine rings is 1. The van der Waals surface area contributed by atoms with Crippen LogP contribution < -0.4 is 5.32 Å². The molecule has 0 unspecified atom stereocenters. The largest absolute Gasteiger partial charge is 0.381 e. The molecule has 0 amide bonds. The number of nitrogens with one attached hydrogen (secondary N) is 1. The van der Waals surface area contributed by atoms with Crippen LogP contribution in [-0.4, -0.2) is 4.98 Å². The van der Waals surface area contributed by atoms with Crippen LogP contribution in [0.1, 0.15) is 11.1 Å². The zero-order valence-electron chi connectivity index (χ0n) is 11.5. The minimum atomic E-state index is -0.184. The molecule has 0 aliphatic carbocycles. The summed E-state index contributed by atoms with van der Waals surface area (Å²) in [6.07, 6.45) is 1.79. The SMILES string of the molecule is Cc1cc(NCc2ccc(Br)c3cccnc23)ccc1F. The molecule has 21 heavy (non-hydrogen) atoms. The van der Waals surface area contributed by atoms with E-state index < -0.39 is 0 Å². The maximum atomic E-state index is 13.3. The van der Waals surface area contributed by atoms with Crippen LogP contribution in [-0.2, 0) is 6.54 Å². The molecule has 0 saturated heterocycles. The molecule has 1 aromatic heterocycles. The molecule has 3 aromatic rings. The van der Waals surface area contributed by atoms with E-state index in [1.807, 2.05) is 30.3 Å². The molecule has 106 valence electrons. The van der Waals surface area contributed by atoms with Crippen molar-refractivity contribution in [2.75, 3.05) is 5.32 Å². The lowest BCUT2D eigenvalue weighted by molar-refractivity contribution is 0.618.